The van der Waals surface area contributed by atoms with Crippen LogP contribution in [0.3, 0.4) is 0 Å². The van der Waals surface area contributed by atoms with Crippen molar-refractivity contribution in [3.63, 3.8) is 0 Å². The zero-order chi connectivity index (χ0) is 24.7. The molecule has 178 valence electrons. The number of benzene rings is 3. The molecular weight excluding hydrogens is 492 g/mol. The van der Waals surface area contributed by atoms with Gasteiger partial charge in [-0.1, -0.05) is 76.1 Å². The molecule has 1 atom stereocenters. The number of likely N-dealkylation sites (N-methyl/N-ethyl adjacent to an activating group) is 1. The molecule has 0 aliphatic rings. The topological polar surface area (TPSA) is 58.6 Å². The molecule has 0 aliphatic carbocycles. The van der Waals surface area contributed by atoms with E-state index >= 15 is 0 Å². The standard InChI is InChI=1S/C28H31BrN2O3/c1-19-9-8-12-23(13-19)17-31(25(28(33)30-4)16-22-10-6-5-7-11-22)26(32)18-34-24-14-20(2)27(29)21(3)15-24/h5-15,25H,16-18H2,1-4H3,(H,30,33)/t25-/m1/s1. The predicted molar refractivity (Wildman–Crippen MR) is 139 cm³/mol. The lowest BCUT2D eigenvalue weighted by atomic mass is 10.0. The Morgan fingerprint density at radius 1 is 0.941 bits per heavy atom. The van der Waals surface area contributed by atoms with Gasteiger partial charge in [0.05, 0.1) is 0 Å². The molecule has 5 nitrogen and oxygen atoms in total. The summed E-state index contributed by atoms with van der Waals surface area (Å²) in [7, 11) is 1.60. The molecule has 0 aliphatic heterocycles. The van der Waals surface area contributed by atoms with Crippen molar-refractivity contribution in [1.29, 1.82) is 0 Å². The van der Waals surface area contributed by atoms with E-state index in [1.807, 2.05) is 87.5 Å². The minimum Gasteiger partial charge on any atom is -0.484 e. The van der Waals surface area contributed by atoms with Crippen LogP contribution in [0, 0.1) is 20.8 Å². The van der Waals surface area contributed by atoms with Crippen molar-refractivity contribution in [1.82, 2.24) is 10.2 Å². The fourth-order valence-corrected chi connectivity index (χ4v) is 4.17. The van der Waals surface area contributed by atoms with Crippen molar-refractivity contribution in [3.8, 4) is 5.75 Å². The number of halogens is 1. The number of carbonyl (C=O) groups excluding carboxylic acids is 2. The summed E-state index contributed by atoms with van der Waals surface area (Å²) in [6, 6.07) is 20.8. The van der Waals surface area contributed by atoms with Crippen LogP contribution < -0.4 is 10.1 Å². The second kappa shape index (κ2) is 11.8. The molecule has 3 rings (SSSR count). The fourth-order valence-electron chi connectivity index (χ4n) is 3.95. The van der Waals surface area contributed by atoms with Gasteiger partial charge >= 0.3 is 0 Å². The number of ether oxygens (including phenoxy) is 1. The summed E-state index contributed by atoms with van der Waals surface area (Å²) >= 11 is 3.56. The Morgan fingerprint density at radius 2 is 1.59 bits per heavy atom. The molecule has 0 saturated carbocycles. The zero-order valence-corrected chi connectivity index (χ0v) is 21.7. The first-order valence-electron chi connectivity index (χ1n) is 11.3. The van der Waals surface area contributed by atoms with Gasteiger partial charge in [-0.3, -0.25) is 9.59 Å². The number of hydrogen-bond acceptors (Lipinski definition) is 3. The first-order valence-corrected chi connectivity index (χ1v) is 12.1. The summed E-state index contributed by atoms with van der Waals surface area (Å²) in [6.07, 6.45) is 0.411. The number of amides is 2. The number of nitrogens with one attached hydrogen (secondary N) is 1. The Hall–Kier alpha value is -3.12. The summed E-state index contributed by atoms with van der Waals surface area (Å²) in [5.74, 6) is 0.172. The Labute approximate surface area is 210 Å². The molecule has 0 unspecified atom stereocenters. The van der Waals surface area contributed by atoms with Gasteiger partial charge in [0, 0.05) is 24.5 Å². The van der Waals surface area contributed by atoms with E-state index in [1.54, 1.807) is 11.9 Å². The average molecular weight is 523 g/mol. The molecule has 34 heavy (non-hydrogen) atoms. The van der Waals surface area contributed by atoms with Crippen LogP contribution in [0.4, 0.5) is 0 Å². The van der Waals surface area contributed by atoms with Crippen molar-refractivity contribution >= 4 is 27.7 Å². The van der Waals surface area contributed by atoms with Gasteiger partial charge in [0.1, 0.15) is 11.8 Å². The highest BCUT2D eigenvalue weighted by Crippen LogP contribution is 2.26. The van der Waals surface area contributed by atoms with Crippen molar-refractivity contribution in [3.05, 3.63) is 99.0 Å². The molecule has 0 heterocycles. The van der Waals surface area contributed by atoms with Crippen LogP contribution in [0.5, 0.6) is 5.75 Å². The maximum Gasteiger partial charge on any atom is 0.261 e. The van der Waals surface area contributed by atoms with Gasteiger partial charge in [0.2, 0.25) is 5.91 Å². The van der Waals surface area contributed by atoms with Crippen LogP contribution >= 0.6 is 15.9 Å². The highest BCUT2D eigenvalue weighted by Gasteiger charge is 2.30. The number of hydrogen-bond donors (Lipinski definition) is 1. The summed E-state index contributed by atoms with van der Waals surface area (Å²) in [6.45, 7) is 6.13. The zero-order valence-electron chi connectivity index (χ0n) is 20.1. The van der Waals surface area contributed by atoms with Crippen LogP contribution in [-0.4, -0.2) is 36.4 Å². The third kappa shape index (κ3) is 6.70. The van der Waals surface area contributed by atoms with Crippen LogP contribution in [-0.2, 0) is 22.6 Å². The number of carbonyl (C=O) groups is 2. The Kier molecular flexibility index (Phi) is 8.88. The maximum atomic E-state index is 13.5. The summed E-state index contributed by atoms with van der Waals surface area (Å²) in [5, 5.41) is 2.73. The molecule has 1 N–H and O–H groups in total. The van der Waals surface area contributed by atoms with E-state index in [9.17, 15) is 9.59 Å². The van der Waals surface area contributed by atoms with Gasteiger partial charge in [0.25, 0.3) is 5.91 Å². The van der Waals surface area contributed by atoms with Crippen LogP contribution in [0.25, 0.3) is 0 Å². The third-order valence-corrected chi connectivity index (χ3v) is 6.98. The van der Waals surface area contributed by atoms with E-state index in [2.05, 4.69) is 21.2 Å². The first-order chi connectivity index (χ1) is 16.3. The molecule has 2 amide bonds. The molecule has 0 bridgehead atoms. The fraction of sp³-hybridized carbons (Fsp3) is 0.286. The monoisotopic (exact) mass is 522 g/mol. The number of nitrogens with zero attached hydrogens (tertiary/aromatic N) is 1. The van der Waals surface area contributed by atoms with Crippen LogP contribution in [0.2, 0.25) is 0 Å². The molecule has 3 aromatic carbocycles. The predicted octanol–water partition coefficient (Wildman–Crippen LogP) is 5.14. The van der Waals surface area contributed by atoms with Crippen LogP contribution in [0.15, 0.2) is 71.2 Å². The normalized spacial score (nSPS) is 11.6. The first kappa shape index (κ1) is 25.5. The van der Waals surface area contributed by atoms with Gasteiger partial charge in [-0.2, -0.15) is 0 Å². The van der Waals surface area contributed by atoms with Gasteiger partial charge < -0.3 is 15.0 Å². The number of aryl methyl sites for hydroxylation is 3. The van der Waals surface area contributed by atoms with Crippen molar-refractivity contribution in [2.45, 2.75) is 39.8 Å². The quantitative estimate of drug-likeness (QED) is 0.423. The van der Waals surface area contributed by atoms with Crippen molar-refractivity contribution in [2.75, 3.05) is 13.7 Å². The van der Waals surface area contributed by atoms with E-state index in [4.69, 9.17) is 4.74 Å². The lowest BCUT2D eigenvalue weighted by Crippen LogP contribution is -2.51. The Morgan fingerprint density at radius 3 is 2.21 bits per heavy atom. The van der Waals surface area contributed by atoms with E-state index in [-0.39, 0.29) is 18.4 Å². The smallest absolute Gasteiger partial charge is 0.261 e. The lowest BCUT2D eigenvalue weighted by Gasteiger charge is -2.31. The summed E-state index contributed by atoms with van der Waals surface area (Å²) < 4.78 is 6.92. The van der Waals surface area contributed by atoms with E-state index in [0.717, 1.165) is 32.3 Å². The highest BCUT2D eigenvalue weighted by molar-refractivity contribution is 9.10. The molecule has 0 fully saturated rings. The van der Waals surface area contributed by atoms with E-state index in [1.165, 1.54) is 0 Å². The maximum absolute atomic E-state index is 13.5. The lowest BCUT2D eigenvalue weighted by molar-refractivity contribution is -0.142. The minimum atomic E-state index is -0.669. The van der Waals surface area contributed by atoms with Gasteiger partial charge in [-0.05, 0) is 55.2 Å². The number of rotatable bonds is 9. The third-order valence-electron chi connectivity index (χ3n) is 5.73. The van der Waals surface area contributed by atoms with Crippen molar-refractivity contribution < 1.29 is 14.3 Å². The second-order valence-electron chi connectivity index (χ2n) is 8.49. The Balaban J connectivity index is 1.89. The van der Waals surface area contributed by atoms with Gasteiger partial charge in [-0.25, -0.2) is 0 Å². The SMILES string of the molecule is CNC(=O)[C@@H](Cc1ccccc1)N(Cc1cccc(C)c1)C(=O)COc1cc(C)c(Br)c(C)c1. The van der Waals surface area contributed by atoms with Crippen molar-refractivity contribution in [2.24, 2.45) is 0 Å². The van der Waals surface area contributed by atoms with Crippen LogP contribution in [0.1, 0.15) is 27.8 Å². The highest BCUT2D eigenvalue weighted by atomic mass is 79.9. The summed E-state index contributed by atoms with van der Waals surface area (Å²) in [4.78, 5) is 28.1. The molecule has 0 saturated heterocycles. The second-order valence-corrected chi connectivity index (χ2v) is 9.28. The molecule has 6 heteroatoms. The molecule has 0 spiro atoms. The molecule has 3 aromatic rings. The van der Waals surface area contributed by atoms with Gasteiger partial charge in [0.15, 0.2) is 6.61 Å². The Bertz CT molecular complexity index is 1120. The minimum absolute atomic E-state index is 0.158. The largest absolute Gasteiger partial charge is 0.484 e. The average Bonchev–Trinajstić information content (AvgIpc) is 2.83. The molecule has 0 aromatic heterocycles. The molecular formula is C28H31BrN2O3. The van der Waals surface area contributed by atoms with E-state index in [0.29, 0.717) is 18.7 Å². The van der Waals surface area contributed by atoms with E-state index < -0.39 is 6.04 Å². The molecule has 0 radical (unpaired) electrons. The summed E-state index contributed by atoms with van der Waals surface area (Å²) in [5.41, 5.74) is 5.11. The van der Waals surface area contributed by atoms with Gasteiger partial charge in [-0.15, -0.1) is 0 Å².